The molecule has 11 heteroatoms. The van der Waals surface area contributed by atoms with Gasteiger partial charge in [0.1, 0.15) is 6.10 Å². The summed E-state index contributed by atoms with van der Waals surface area (Å²) in [4.78, 5) is 19.7. The van der Waals surface area contributed by atoms with Gasteiger partial charge in [0.15, 0.2) is 6.29 Å². The Morgan fingerprint density at radius 2 is 1.77 bits per heavy atom. The first-order valence-corrected chi connectivity index (χ1v) is 13.8. The van der Waals surface area contributed by atoms with Gasteiger partial charge in [0.25, 0.3) is 0 Å². The molecule has 0 unspecified atom stereocenters. The molecule has 0 amide bonds. The van der Waals surface area contributed by atoms with Crippen LogP contribution in [-0.4, -0.2) is 45.3 Å². The maximum Gasteiger partial charge on any atom is 0.230 e. The third-order valence-electron chi connectivity index (χ3n) is 6.55. The standard InChI is InChI=1S/C22H23N5O3.C7H7Cl2N/c28-13-16-10-23-22(26-21(16)30-19-6-7-19)25-17-11-24-27(12-17)18-8-20(9-18)29-14-15-4-2-1-3-5-15;1-10-7-5(8)3-2-4-6(7)9/h1-5,10-13,18-20H,6-9,14H2,(H,23,25,26);2-4,10H,1H3. The van der Waals surface area contributed by atoms with Crippen molar-refractivity contribution < 1.29 is 14.3 Å². The maximum absolute atomic E-state index is 11.2. The van der Waals surface area contributed by atoms with E-state index < -0.39 is 0 Å². The smallest absolute Gasteiger partial charge is 0.230 e. The molecule has 208 valence electrons. The Morgan fingerprint density at radius 1 is 1.02 bits per heavy atom. The largest absolute Gasteiger partial charge is 0.474 e. The average Bonchev–Trinajstić information content (AvgIpc) is 3.64. The van der Waals surface area contributed by atoms with Crippen molar-refractivity contribution in [3.63, 3.8) is 0 Å². The van der Waals surface area contributed by atoms with Crippen LogP contribution in [0.3, 0.4) is 0 Å². The van der Waals surface area contributed by atoms with Crippen molar-refractivity contribution in [3.05, 3.63) is 88.3 Å². The molecule has 0 spiro atoms. The number of halogens is 2. The molecule has 2 N–H and O–H groups in total. The maximum atomic E-state index is 11.2. The number of nitrogens with one attached hydrogen (secondary N) is 2. The Hall–Kier alpha value is -3.66. The molecule has 0 bridgehead atoms. The topological polar surface area (TPSA) is 103 Å². The van der Waals surface area contributed by atoms with E-state index in [4.69, 9.17) is 32.7 Å². The first-order chi connectivity index (χ1) is 19.5. The minimum absolute atomic E-state index is 0.157. The van der Waals surface area contributed by atoms with Crippen LogP contribution in [-0.2, 0) is 11.3 Å². The SMILES string of the molecule is CNc1c(Cl)cccc1Cl.O=Cc1cnc(Nc2cnn(C3CC(OCc4ccccc4)C3)c2)nc1OC1CC1. The Balaban J connectivity index is 0.000000274. The van der Waals surface area contributed by atoms with Crippen LogP contribution in [0.15, 0.2) is 67.1 Å². The van der Waals surface area contributed by atoms with Gasteiger partial charge >= 0.3 is 0 Å². The number of hydrogen-bond acceptors (Lipinski definition) is 8. The molecule has 0 saturated heterocycles. The molecule has 2 aliphatic carbocycles. The molecule has 6 rings (SSSR count). The fourth-order valence-electron chi connectivity index (χ4n) is 4.10. The number of para-hydroxylation sites is 1. The van der Waals surface area contributed by atoms with E-state index in [0.717, 1.165) is 37.1 Å². The Morgan fingerprint density at radius 3 is 2.42 bits per heavy atom. The van der Waals surface area contributed by atoms with Crippen LogP contribution in [0, 0.1) is 0 Å². The summed E-state index contributed by atoms with van der Waals surface area (Å²) in [6, 6.07) is 15.9. The molecule has 0 aliphatic heterocycles. The second kappa shape index (κ2) is 13.1. The predicted octanol–water partition coefficient (Wildman–Crippen LogP) is 6.73. The summed E-state index contributed by atoms with van der Waals surface area (Å²) in [6.45, 7) is 0.642. The molecule has 2 saturated carbocycles. The van der Waals surface area contributed by atoms with Crippen LogP contribution in [0.5, 0.6) is 5.88 Å². The van der Waals surface area contributed by atoms with Crippen LogP contribution in [0.2, 0.25) is 10.0 Å². The van der Waals surface area contributed by atoms with Gasteiger partial charge in [-0.15, -0.1) is 0 Å². The van der Waals surface area contributed by atoms with E-state index in [-0.39, 0.29) is 12.2 Å². The third kappa shape index (κ3) is 7.29. The van der Waals surface area contributed by atoms with E-state index in [2.05, 4.69) is 37.8 Å². The monoisotopic (exact) mass is 580 g/mol. The van der Waals surface area contributed by atoms with Gasteiger partial charge in [-0.25, -0.2) is 4.98 Å². The molecular formula is C29H30Cl2N6O3. The Labute approximate surface area is 242 Å². The lowest BCUT2D eigenvalue weighted by atomic mass is 9.89. The van der Waals surface area contributed by atoms with Crippen LogP contribution in [0.4, 0.5) is 17.3 Å². The summed E-state index contributed by atoms with van der Waals surface area (Å²) >= 11 is 11.6. The van der Waals surface area contributed by atoms with Crippen LogP contribution in [0.25, 0.3) is 0 Å². The molecule has 40 heavy (non-hydrogen) atoms. The number of carbonyl (C=O) groups excluding carboxylic acids is 1. The molecule has 2 fully saturated rings. The van der Waals surface area contributed by atoms with Crippen LogP contribution < -0.4 is 15.4 Å². The lowest BCUT2D eigenvalue weighted by Gasteiger charge is -2.35. The van der Waals surface area contributed by atoms with E-state index in [1.807, 2.05) is 35.1 Å². The molecule has 2 aromatic heterocycles. The average molecular weight is 582 g/mol. The first kappa shape index (κ1) is 27.9. The van der Waals surface area contributed by atoms with Gasteiger partial charge < -0.3 is 20.1 Å². The minimum Gasteiger partial charge on any atom is -0.474 e. The van der Waals surface area contributed by atoms with E-state index >= 15 is 0 Å². The number of carbonyl (C=O) groups is 1. The number of aromatic nitrogens is 4. The number of rotatable bonds is 10. The third-order valence-corrected chi connectivity index (χ3v) is 7.18. The van der Waals surface area contributed by atoms with Gasteiger partial charge in [0.05, 0.1) is 51.9 Å². The minimum atomic E-state index is 0.157. The number of anilines is 3. The van der Waals surface area contributed by atoms with Crippen molar-refractivity contribution in [1.82, 2.24) is 19.7 Å². The summed E-state index contributed by atoms with van der Waals surface area (Å²) in [5, 5.41) is 11.8. The molecular weight excluding hydrogens is 551 g/mol. The molecule has 4 aromatic rings. The van der Waals surface area contributed by atoms with Gasteiger partial charge in [-0.2, -0.15) is 10.1 Å². The van der Waals surface area contributed by atoms with Gasteiger partial charge in [0, 0.05) is 19.4 Å². The van der Waals surface area contributed by atoms with Crippen molar-refractivity contribution in [2.75, 3.05) is 17.7 Å². The summed E-state index contributed by atoms with van der Waals surface area (Å²) in [5.41, 5.74) is 3.13. The van der Waals surface area contributed by atoms with Gasteiger partial charge in [-0.05, 0) is 43.4 Å². The van der Waals surface area contributed by atoms with Gasteiger partial charge in [-0.1, -0.05) is 59.6 Å². The van der Waals surface area contributed by atoms with Crippen LogP contribution in [0.1, 0.15) is 47.6 Å². The normalized spacial score (nSPS) is 17.7. The van der Waals surface area contributed by atoms with Crippen molar-refractivity contribution in [2.24, 2.45) is 0 Å². The quantitative estimate of drug-likeness (QED) is 0.199. The van der Waals surface area contributed by atoms with Crippen LogP contribution >= 0.6 is 23.2 Å². The van der Waals surface area contributed by atoms with Crippen molar-refractivity contribution in [1.29, 1.82) is 0 Å². The fraction of sp³-hybridized carbons (Fsp3) is 0.310. The van der Waals surface area contributed by atoms with Gasteiger partial charge in [0.2, 0.25) is 11.8 Å². The highest BCUT2D eigenvalue weighted by Crippen LogP contribution is 2.35. The predicted molar refractivity (Wildman–Crippen MR) is 156 cm³/mol. The highest BCUT2D eigenvalue weighted by atomic mass is 35.5. The molecule has 9 nitrogen and oxygen atoms in total. The second-order valence-electron chi connectivity index (χ2n) is 9.61. The van der Waals surface area contributed by atoms with E-state index in [0.29, 0.717) is 46.4 Å². The van der Waals surface area contributed by atoms with Gasteiger partial charge in [-0.3, -0.25) is 9.48 Å². The number of ether oxygens (including phenoxy) is 2. The summed E-state index contributed by atoms with van der Waals surface area (Å²) in [7, 11) is 1.78. The zero-order valence-corrected chi connectivity index (χ0v) is 23.5. The van der Waals surface area contributed by atoms with Crippen molar-refractivity contribution in [2.45, 2.75) is 50.5 Å². The summed E-state index contributed by atoms with van der Waals surface area (Å²) in [6.07, 6.45) is 10.2. The highest BCUT2D eigenvalue weighted by molar-refractivity contribution is 6.39. The lowest BCUT2D eigenvalue weighted by molar-refractivity contribution is -0.0383. The summed E-state index contributed by atoms with van der Waals surface area (Å²) < 4.78 is 13.6. The molecule has 0 atom stereocenters. The molecule has 0 radical (unpaired) electrons. The van der Waals surface area contributed by atoms with Crippen molar-refractivity contribution >= 4 is 46.8 Å². The number of benzene rings is 2. The first-order valence-electron chi connectivity index (χ1n) is 13.1. The van der Waals surface area contributed by atoms with E-state index in [9.17, 15) is 4.79 Å². The Kier molecular flexibility index (Phi) is 9.15. The zero-order chi connectivity index (χ0) is 27.9. The van der Waals surface area contributed by atoms with E-state index in [1.54, 1.807) is 25.4 Å². The fourth-order valence-corrected chi connectivity index (χ4v) is 4.69. The van der Waals surface area contributed by atoms with Crippen molar-refractivity contribution in [3.8, 4) is 5.88 Å². The number of hydrogen-bond donors (Lipinski definition) is 2. The molecule has 2 aliphatic rings. The molecule has 2 aromatic carbocycles. The molecule has 2 heterocycles. The summed E-state index contributed by atoms with van der Waals surface area (Å²) in [5.74, 6) is 0.711. The second-order valence-corrected chi connectivity index (χ2v) is 10.4. The lowest BCUT2D eigenvalue weighted by Crippen LogP contribution is -2.33. The number of aldehydes is 1. The number of nitrogens with zero attached hydrogens (tertiary/aromatic N) is 4. The Bertz CT molecular complexity index is 1400. The zero-order valence-electron chi connectivity index (χ0n) is 22.0. The highest BCUT2D eigenvalue weighted by Gasteiger charge is 2.32. The van der Waals surface area contributed by atoms with E-state index in [1.165, 1.54) is 11.8 Å².